The van der Waals surface area contributed by atoms with Crippen LogP contribution in [0.15, 0.2) is 83.6 Å². The van der Waals surface area contributed by atoms with E-state index in [1.165, 1.54) is 36.4 Å². The van der Waals surface area contributed by atoms with Crippen LogP contribution in [0.3, 0.4) is 0 Å². The Hall–Kier alpha value is -2.30. The summed E-state index contributed by atoms with van der Waals surface area (Å²) in [5.74, 6) is 0. The minimum atomic E-state index is -4.07. The maximum atomic E-state index is 13.4. The molecule has 0 aliphatic carbocycles. The van der Waals surface area contributed by atoms with E-state index in [1.54, 1.807) is 24.3 Å². The van der Waals surface area contributed by atoms with Gasteiger partial charge in [-0.15, -0.1) is 13.2 Å². The molecular formula is C24H31NO6S2+. The number of rotatable bonds is 13. The van der Waals surface area contributed by atoms with Gasteiger partial charge in [-0.1, -0.05) is 47.5 Å². The van der Waals surface area contributed by atoms with Crippen LogP contribution in [0.4, 0.5) is 0 Å². The van der Waals surface area contributed by atoms with E-state index in [-0.39, 0.29) is 35.7 Å². The molecule has 0 amide bonds. The van der Waals surface area contributed by atoms with Gasteiger partial charge in [-0.25, -0.2) is 0 Å². The Morgan fingerprint density at radius 2 is 1.33 bits per heavy atom. The molecule has 9 heteroatoms. The molecule has 2 rings (SSSR count). The van der Waals surface area contributed by atoms with E-state index in [2.05, 4.69) is 13.2 Å². The molecule has 0 aliphatic heterocycles. The lowest BCUT2D eigenvalue weighted by molar-refractivity contribution is 0.0394. The molecule has 0 heterocycles. The van der Waals surface area contributed by atoms with Crippen LogP contribution in [-0.2, 0) is 24.3 Å². The van der Waals surface area contributed by atoms with Crippen LogP contribution in [0, 0.1) is 13.8 Å². The summed E-state index contributed by atoms with van der Waals surface area (Å²) < 4.78 is 57.9. The van der Waals surface area contributed by atoms with E-state index in [4.69, 9.17) is 4.18 Å². The summed E-state index contributed by atoms with van der Waals surface area (Å²) in [5.41, 5.74) is 0.341. The minimum Gasteiger partial charge on any atom is -0.383 e. The molecule has 1 N–H and O–H groups in total. The van der Waals surface area contributed by atoms with E-state index in [0.717, 1.165) is 15.4 Å². The van der Waals surface area contributed by atoms with Gasteiger partial charge in [0.15, 0.2) is 13.1 Å². The number of aryl methyl sites for hydroxylation is 2. The highest BCUT2D eigenvalue weighted by Crippen LogP contribution is 2.22. The molecular weight excluding hydrogens is 462 g/mol. The molecule has 0 spiro atoms. The second-order valence-electron chi connectivity index (χ2n) is 7.95. The topological polar surface area (TPSA) is 104 Å². The van der Waals surface area contributed by atoms with Crippen LogP contribution >= 0.6 is 0 Å². The molecule has 0 saturated heterocycles. The Labute approximate surface area is 197 Å². The van der Waals surface area contributed by atoms with Gasteiger partial charge >= 0.3 is 10.0 Å². The molecule has 0 bridgehead atoms. The predicted octanol–water partition coefficient (Wildman–Crippen LogP) is 3.42. The van der Waals surface area contributed by atoms with Crippen molar-refractivity contribution in [3.63, 3.8) is 0 Å². The summed E-state index contributed by atoms with van der Waals surface area (Å²) in [7, 11) is -8.11. The van der Waals surface area contributed by atoms with Crippen molar-refractivity contribution in [3.05, 3.63) is 85.0 Å². The summed E-state index contributed by atoms with van der Waals surface area (Å²) in [5, 5.41) is 11.0. The number of hydrogen-bond acceptors (Lipinski definition) is 6. The molecule has 0 aliphatic rings. The van der Waals surface area contributed by atoms with Gasteiger partial charge in [0.1, 0.15) is 17.1 Å². The molecule has 0 aromatic heterocycles. The van der Waals surface area contributed by atoms with Gasteiger partial charge in [-0.2, -0.15) is 16.8 Å². The van der Waals surface area contributed by atoms with Crippen LogP contribution in [0.1, 0.15) is 24.0 Å². The van der Waals surface area contributed by atoms with Crippen molar-refractivity contribution >= 4 is 20.1 Å². The maximum Gasteiger partial charge on any atom is 0.371 e. The fraction of sp³-hybridized carbons (Fsp3) is 0.333. The lowest BCUT2D eigenvalue weighted by atomic mass is 9.95. The molecule has 0 unspecified atom stereocenters. The van der Waals surface area contributed by atoms with Crippen LogP contribution in [-0.4, -0.2) is 47.2 Å². The van der Waals surface area contributed by atoms with Gasteiger partial charge < -0.3 is 5.11 Å². The average Bonchev–Trinajstić information content (AvgIpc) is 2.74. The first-order valence-electron chi connectivity index (χ1n) is 10.4. The molecule has 1 radical (unpaired) electrons. The predicted molar refractivity (Wildman–Crippen MR) is 129 cm³/mol. The Morgan fingerprint density at radius 3 is 1.79 bits per heavy atom. The SMILES string of the molecule is C=CCC(O)(CC=C)C[N+](CCOS(=O)(=O)c1ccc(C)cc1)S(=O)(=O)c1ccc(C)cc1. The van der Waals surface area contributed by atoms with Gasteiger partial charge in [0.25, 0.3) is 10.1 Å². The average molecular weight is 494 g/mol. The standard InChI is InChI=1S/C24H31NO6S2/c1-5-15-24(26,16-6-2)19-25(32(27,28)22-11-7-20(3)8-12-22)17-18-31-33(29,30)23-13-9-21(4)10-14-23/h5-14,26H,1-2,15-19H2,3-4H3/q+1. The third-order valence-corrected chi connectivity index (χ3v) is 8.25. The normalized spacial score (nSPS) is 12.6. The molecule has 0 fully saturated rings. The smallest absolute Gasteiger partial charge is 0.371 e. The first-order chi connectivity index (χ1) is 15.4. The van der Waals surface area contributed by atoms with Crippen LogP contribution in [0.2, 0.25) is 0 Å². The van der Waals surface area contributed by atoms with Gasteiger partial charge in [0.05, 0.1) is 4.90 Å². The fourth-order valence-corrected chi connectivity index (χ4v) is 5.65. The van der Waals surface area contributed by atoms with E-state index >= 15 is 0 Å². The van der Waals surface area contributed by atoms with E-state index in [1.807, 2.05) is 13.8 Å². The Balaban J connectivity index is 2.30. The molecule has 0 saturated carbocycles. The third-order valence-electron chi connectivity index (χ3n) is 5.07. The number of nitrogens with zero attached hydrogens (tertiary/aromatic N) is 1. The van der Waals surface area contributed by atoms with Crippen molar-refractivity contribution in [3.8, 4) is 0 Å². The molecule has 0 atom stereocenters. The third kappa shape index (κ3) is 7.35. The number of hydrogen-bond donors (Lipinski definition) is 1. The maximum absolute atomic E-state index is 13.4. The zero-order valence-corrected chi connectivity index (χ0v) is 20.6. The quantitative estimate of drug-likeness (QED) is 0.261. The summed E-state index contributed by atoms with van der Waals surface area (Å²) >= 11 is 0. The number of sulfonamides is 1. The lowest BCUT2D eigenvalue weighted by Gasteiger charge is -2.26. The highest BCUT2D eigenvalue weighted by molar-refractivity contribution is 7.90. The van der Waals surface area contributed by atoms with E-state index in [9.17, 15) is 21.9 Å². The molecule has 2 aromatic rings. The largest absolute Gasteiger partial charge is 0.383 e. The van der Waals surface area contributed by atoms with E-state index in [0.29, 0.717) is 0 Å². The van der Waals surface area contributed by atoms with Crippen molar-refractivity contribution in [1.29, 1.82) is 0 Å². The zero-order valence-electron chi connectivity index (χ0n) is 19.0. The highest BCUT2D eigenvalue weighted by Gasteiger charge is 2.42. The summed E-state index contributed by atoms with van der Waals surface area (Å²) in [6.07, 6.45) is 3.25. The van der Waals surface area contributed by atoms with Gasteiger partial charge in [0.2, 0.25) is 0 Å². The number of aliphatic hydroxyl groups is 1. The highest BCUT2D eigenvalue weighted by atomic mass is 32.2. The van der Waals surface area contributed by atoms with E-state index < -0.39 is 32.3 Å². The van der Waals surface area contributed by atoms with Crippen molar-refractivity contribution in [1.82, 2.24) is 4.31 Å². The van der Waals surface area contributed by atoms with Crippen LogP contribution in [0.5, 0.6) is 0 Å². The van der Waals surface area contributed by atoms with Gasteiger partial charge in [0, 0.05) is 0 Å². The zero-order chi connectivity index (χ0) is 24.7. The Bertz CT molecular complexity index is 1140. The summed E-state index contributed by atoms with van der Waals surface area (Å²) in [6, 6.07) is 12.4. The molecule has 2 aromatic carbocycles. The second kappa shape index (κ2) is 11.2. The van der Waals surface area contributed by atoms with Crippen LogP contribution in [0.25, 0.3) is 0 Å². The first-order valence-corrected chi connectivity index (χ1v) is 13.3. The Morgan fingerprint density at radius 1 is 0.879 bits per heavy atom. The van der Waals surface area contributed by atoms with Crippen molar-refractivity contribution in [2.75, 3.05) is 19.7 Å². The number of benzene rings is 2. The van der Waals surface area contributed by atoms with Crippen molar-refractivity contribution in [2.24, 2.45) is 0 Å². The lowest BCUT2D eigenvalue weighted by Crippen LogP contribution is -2.50. The minimum absolute atomic E-state index is 0.0177. The summed E-state index contributed by atoms with van der Waals surface area (Å²) in [4.78, 5) is 0.0184. The van der Waals surface area contributed by atoms with Crippen LogP contribution < -0.4 is 4.31 Å². The summed E-state index contributed by atoms with van der Waals surface area (Å²) in [6.45, 7) is 9.96. The molecule has 7 nitrogen and oxygen atoms in total. The second-order valence-corrected chi connectivity index (χ2v) is 11.5. The monoisotopic (exact) mass is 493 g/mol. The van der Waals surface area contributed by atoms with Gasteiger partial charge in [-0.05, 0) is 55.3 Å². The van der Waals surface area contributed by atoms with Crippen molar-refractivity contribution in [2.45, 2.75) is 42.1 Å². The molecule has 179 valence electrons. The molecule has 33 heavy (non-hydrogen) atoms. The first kappa shape index (κ1) is 26.9. The van der Waals surface area contributed by atoms with Gasteiger partial charge in [-0.3, -0.25) is 4.18 Å². The fourth-order valence-electron chi connectivity index (χ4n) is 3.24. The Kier molecular flexibility index (Phi) is 9.16. The van der Waals surface area contributed by atoms with Crippen molar-refractivity contribution < 1.29 is 26.1 Å².